The van der Waals surface area contributed by atoms with Crippen LogP contribution in [0.5, 0.6) is 0 Å². The number of anilines is 1. The lowest BCUT2D eigenvalue weighted by molar-refractivity contribution is -0.117. The monoisotopic (exact) mass is 293 g/mol. The number of nitrogens with two attached hydrogens (primary N) is 1. The Bertz CT molecular complexity index is 427. The maximum Gasteiger partial charge on any atom is 0.240 e. The number of carbonyl (C=O) groups excluding carboxylic acids is 1. The van der Waals surface area contributed by atoms with Crippen LogP contribution in [-0.4, -0.2) is 48.0 Å². The Hall–Kier alpha value is -1.04. The Morgan fingerprint density at radius 2 is 2.00 bits per heavy atom. The number of amides is 1. The van der Waals surface area contributed by atoms with Gasteiger partial charge in [-0.3, -0.25) is 4.79 Å². The SMILES string of the molecule is CC(N)C(=O)Nc1ccc(CCN2CCSCC2)cc1. The molecule has 1 heterocycles. The molecule has 0 spiro atoms. The van der Waals surface area contributed by atoms with Gasteiger partial charge in [-0.15, -0.1) is 0 Å². The zero-order valence-electron chi connectivity index (χ0n) is 12.0. The van der Waals surface area contributed by atoms with Crippen LogP contribution >= 0.6 is 11.8 Å². The molecule has 4 nitrogen and oxygen atoms in total. The van der Waals surface area contributed by atoms with Crippen molar-refractivity contribution in [2.24, 2.45) is 5.73 Å². The standard InChI is InChI=1S/C15H23N3OS/c1-12(16)15(19)17-14-4-2-13(3-5-14)6-7-18-8-10-20-11-9-18/h2-5,12H,6-11,16H2,1H3,(H,17,19). The highest BCUT2D eigenvalue weighted by molar-refractivity contribution is 7.99. The molecule has 1 atom stereocenters. The van der Waals surface area contributed by atoms with E-state index in [0.717, 1.165) is 18.7 Å². The van der Waals surface area contributed by atoms with Crippen LogP contribution in [-0.2, 0) is 11.2 Å². The van der Waals surface area contributed by atoms with Crippen LogP contribution in [0.15, 0.2) is 24.3 Å². The molecular formula is C15H23N3OS. The first-order valence-electron chi connectivity index (χ1n) is 7.10. The van der Waals surface area contributed by atoms with Crippen LogP contribution in [0.1, 0.15) is 12.5 Å². The summed E-state index contributed by atoms with van der Waals surface area (Å²) in [6.45, 7) is 5.20. The second-order valence-corrected chi connectivity index (χ2v) is 6.40. The summed E-state index contributed by atoms with van der Waals surface area (Å²) in [6, 6.07) is 7.57. The van der Waals surface area contributed by atoms with Gasteiger partial charge in [0.15, 0.2) is 0 Å². The Balaban J connectivity index is 1.80. The second kappa shape index (κ2) is 7.67. The quantitative estimate of drug-likeness (QED) is 0.865. The molecule has 5 heteroatoms. The number of nitrogens with zero attached hydrogens (tertiary/aromatic N) is 1. The number of hydrogen-bond donors (Lipinski definition) is 2. The normalized spacial score (nSPS) is 17.7. The Morgan fingerprint density at radius 1 is 1.35 bits per heavy atom. The van der Waals surface area contributed by atoms with Gasteiger partial charge in [-0.05, 0) is 31.0 Å². The van der Waals surface area contributed by atoms with E-state index in [0.29, 0.717) is 0 Å². The molecule has 1 aromatic rings. The van der Waals surface area contributed by atoms with E-state index >= 15 is 0 Å². The molecule has 1 fully saturated rings. The van der Waals surface area contributed by atoms with Gasteiger partial charge < -0.3 is 16.0 Å². The number of thioether (sulfide) groups is 1. The zero-order chi connectivity index (χ0) is 14.4. The van der Waals surface area contributed by atoms with E-state index in [9.17, 15) is 4.79 Å². The van der Waals surface area contributed by atoms with Crippen molar-refractivity contribution in [1.82, 2.24) is 4.90 Å². The average Bonchev–Trinajstić information content (AvgIpc) is 2.47. The van der Waals surface area contributed by atoms with Gasteiger partial charge in [0.1, 0.15) is 0 Å². The molecule has 1 unspecified atom stereocenters. The third kappa shape index (κ3) is 4.81. The summed E-state index contributed by atoms with van der Waals surface area (Å²) in [5.41, 5.74) is 7.64. The highest BCUT2D eigenvalue weighted by atomic mass is 32.2. The van der Waals surface area contributed by atoms with Crippen LogP contribution < -0.4 is 11.1 Å². The number of rotatable bonds is 5. The van der Waals surface area contributed by atoms with Gasteiger partial charge in [0.05, 0.1) is 6.04 Å². The van der Waals surface area contributed by atoms with Gasteiger partial charge in [0.2, 0.25) is 5.91 Å². The van der Waals surface area contributed by atoms with Gasteiger partial charge in [-0.2, -0.15) is 11.8 Å². The average molecular weight is 293 g/mol. The van der Waals surface area contributed by atoms with Crippen LogP contribution in [0.2, 0.25) is 0 Å². The van der Waals surface area contributed by atoms with Crippen LogP contribution in [0.3, 0.4) is 0 Å². The predicted molar refractivity (Wildman–Crippen MR) is 86.2 cm³/mol. The molecule has 110 valence electrons. The Labute approximate surface area is 125 Å². The minimum Gasteiger partial charge on any atom is -0.325 e. The molecule has 0 radical (unpaired) electrons. The Kier molecular flexibility index (Phi) is 5.88. The molecule has 2 rings (SSSR count). The number of hydrogen-bond acceptors (Lipinski definition) is 4. The van der Waals surface area contributed by atoms with Crippen LogP contribution in [0.4, 0.5) is 5.69 Å². The lowest BCUT2D eigenvalue weighted by Crippen LogP contribution is -2.34. The summed E-state index contributed by atoms with van der Waals surface area (Å²) in [7, 11) is 0. The van der Waals surface area contributed by atoms with E-state index in [1.807, 2.05) is 23.9 Å². The molecule has 1 aliphatic rings. The third-order valence-corrected chi connectivity index (χ3v) is 4.40. The highest BCUT2D eigenvalue weighted by Gasteiger charge is 2.10. The molecule has 0 bridgehead atoms. The van der Waals surface area contributed by atoms with Crippen molar-refractivity contribution in [2.45, 2.75) is 19.4 Å². The van der Waals surface area contributed by atoms with E-state index in [1.54, 1.807) is 6.92 Å². The van der Waals surface area contributed by atoms with Crippen molar-refractivity contribution in [3.05, 3.63) is 29.8 Å². The number of nitrogens with one attached hydrogen (secondary N) is 1. The van der Waals surface area contributed by atoms with Gasteiger partial charge >= 0.3 is 0 Å². The van der Waals surface area contributed by atoms with Gasteiger partial charge in [0, 0.05) is 36.8 Å². The Morgan fingerprint density at radius 3 is 2.60 bits per heavy atom. The minimum atomic E-state index is -0.480. The fourth-order valence-electron chi connectivity index (χ4n) is 2.12. The second-order valence-electron chi connectivity index (χ2n) is 5.18. The molecule has 20 heavy (non-hydrogen) atoms. The lowest BCUT2D eigenvalue weighted by Gasteiger charge is -2.26. The maximum absolute atomic E-state index is 11.5. The largest absolute Gasteiger partial charge is 0.325 e. The van der Waals surface area contributed by atoms with Gasteiger partial charge in [-0.25, -0.2) is 0 Å². The topological polar surface area (TPSA) is 58.4 Å². The molecule has 3 N–H and O–H groups in total. The van der Waals surface area contributed by atoms with Crippen molar-refractivity contribution >= 4 is 23.4 Å². The van der Waals surface area contributed by atoms with Crippen molar-refractivity contribution in [1.29, 1.82) is 0 Å². The van der Waals surface area contributed by atoms with Crippen LogP contribution in [0.25, 0.3) is 0 Å². The van der Waals surface area contributed by atoms with Crippen LogP contribution in [0, 0.1) is 0 Å². The predicted octanol–water partition coefficient (Wildman–Crippen LogP) is 1.56. The zero-order valence-corrected chi connectivity index (χ0v) is 12.8. The molecule has 1 aromatic carbocycles. The molecule has 0 aromatic heterocycles. The maximum atomic E-state index is 11.5. The number of benzene rings is 1. The minimum absolute atomic E-state index is 0.149. The first-order valence-corrected chi connectivity index (χ1v) is 8.26. The van der Waals surface area contributed by atoms with E-state index in [2.05, 4.69) is 22.3 Å². The summed E-state index contributed by atoms with van der Waals surface area (Å²) in [5, 5.41) is 2.80. The van der Waals surface area contributed by atoms with E-state index < -0.39 is 6.04 Å². The third-order valence-electron chi connectivity index (χ3n) is 3.46. The van der Waals surface area contributed by atoms with E-state index in [-0.39, 0.29) is 5.91 Å². The summed E-state index contributed by atoms with van der Waals surface area (Å²) in [6.07, 6.45) is 1.06. The van der Waals surface area contributed by atoms with Crippen molar-refractivity contribution in [3.63, 3.8) is 0 Å². The highest BCUT2D eigenvalue weighted by Crippen LogP contribution is 2.13. The molecule has 1 saturated heterocycles. The van der Waals surface area contributed by atoms with Crippen molar-refractivity contribution < 1.29 is 4.79 Å². The van der Waals surface area contributed by atoms with E-state index in [1.165, 1.54) is 30.2 Å². The first kappa shape index (κ1) is 15.4. The lowest BCUT2D eigenvalue weighted by atomic mass is 10.1. The summed E-state index contributed by atoms with van der Waals surface area (Å²) < 4.78 is 0. The molecule has 1 amide bonds. The molecule has 0 aliphatic carbocycles. The van der Waals surface area contributed by atoms with Crippen molar-refractivity contribution in [3.8, 4) is 0 Å². The summed E-state index contributed by atoms with van der Waals surface area (Å²) in [4.78, 5) is 14.0. The molecule has 0 saturated carbocycles. The molecular weight excluding hydrogens is 270 g/mol. The number of carbonyl (C=O) groups is 1. The fraction of sp³-hybridized carbons (Fsp3) is 0.533. The van der Waals surface area contributed by atoms with Crippen molar-refractivity contribution in [2.75, 3.05) is 36.5 Å². The van der Waals surface area contributed by atoms with E-state index in [4.69, 9.17) is 5.73 Å². The summed E-state index contributed by atoms with van der Waals surface area (Å²) in [5.74, 6) is 2.35. The smallest absolute Gasteiger partial charge is 0.240 e. The van der Waals surface area contributed by atoms with Gasteiger partial charge in [0.25, 0.3) is 0 Å². The first-order chi connectivity index (χ1) is 9.65. The van der Waals surface area contributed by atoms with Gasteiger partial charge in [-0.1, -0.05) is 12.1 Å². The molecule has 1 aliphatic heterocycles. The fourth-order valence-corrected chi connectivity index (χ4v) is 3.10. The summed E-state index contributed by atoms with van der Waals surface area (Å²) >= 11 is 2.04.